The monoisotopic (exact) mass is 276 g/mol. The van der Waals surface area contributed by atoms with Crippen LogP contribution in [-0.4, -0.2) is 17.5 Å². The predicted molar refractivity (Wildman–Crippen MR) is 74.6 cm³/mol. The highest BCUT2D eigenvalue weighted by atomic mass is 35.5. The molecule has 0 saturated carbocycles. The summed E-state index contributed by atoms with van der Waals surface area (Å²) in [6.07, 6.45) is 1.51. The molecule has 0 aliphatic heterocycles. The van der Waals surface area contributed by atoms with E-state index in [4.69, 9.17) is 16.3 Å². The maximum absolute atomic E-state index is 11.7. The van der Waals surface area contributed by atoms with Gasteiger partial charge in [-0.2, -0.15) is 0 Å². The lowest BCUT2D eigenvalue weighted by molar-refractivity contribution is -0.118. The third-order valence-corrected chi connectivity index (χ3v) is 2.81. The molecule has 0 fully saturated rings. The van der Waals surface area contributed by atoms with Crippen molar-refractivity contribution in [2.24, 2.45) is 0 Å². The SMILES string of the molecule is Cc1cc(NC(=O)COc2ccccc2)cnc1Cl. The van der Waals surface area contributed by atoms with Crippen LogP contribution in [0.15, 0.2) is 42.6 Å². The van der Waals surface area contributed by atoms with Gasteiger partial charge in [0.15, 0.2) is 6.61 Å². The molecule has 1 aromatic heterocycles. The lowest BCUT2D eigenvalue weighted by Crippen LogP contribution is -2.20. The lowest BCUT2D eigenvalue weighted by Gasteiger charge is -2.08. The first-order chi connectivity index (χ1) is 9.15. The van der Waals surface area contributed by atoms with Gasteiger partial charge >= 0.3 is 0 Å². The molecule has 19 heavy (non-hydrogen) atoms. The van der Waals surface area contributed by atoms with Crippen LogP contribution >= 0.6 is 11.6 Å². The van der Waals surface area contributed by atoms with E-state index in [1.54, 1.807) is 18.2 Å². The Balaban J connectivity index is 1.89. The summed E-state index contributed by atoms with van der Waals surface area (Å²) in [6.45, 7) is 1.77. The van der Waals surface area contributed by atoms with Gasteiger partial charge in [0.05, 0.1) is 11.9 Å². The Morgan fingerprint density at radius 1 is 1.37 bits per heavy atom. The van der Waals surface area contributed by atoms with Gasteiger partial charge in [-0.3, -0.25) is 4.79 Å². The molecule has 0 bridgehead atoms. The van der Waals surface area contributed by atoms with Crippen molar-refractivity contribution in [2.45, 2.75) is 6.92 Å². The number of rotatable bonds is 4. The van der Waals surface area contributed by atoms with Gasteiger partial charge in [0.2, 0.25) is 0 Å². The molecular formula is C14H13ClN2O2. The summed E-state index contributed by atoms with van der Waals surface area (Å²) < 4.78 is 5.34. The number of carbonyl (C=O) groups is 1. The highest BCUT2D eigenvalue weighted by molar-refractivity contribution is 6.30. The van der Waals surface area contributed by atoms with Crippen LogP contribution in [0, 0.1) is 6.92 Å². The number of aryl methyl sites for hydroxylation is 1. The first kappa shape index (κ1) is 13.4. The maximum atomic E-state index is 11.7. The lowest BCUT2D eigenvalue weighted by atomic mass is 10.3. The molecule has 98 valence electrons. The molecule has 4 nitrogen and oxygen atoms in total. The van der Waals surface area contributed by atoms with Crippen molar-refractivity contribution < 1.29 is 9.53 Å². The molecule has 0 atom stereocenters. The second-order valence-electron chi connectivity index (χ2n) is 3.98. The van der Waals surface area contributed by atoms with E-state index in [1.165, 1.54) is 6.20 Å². The number of hydrogen-bond donors (Lipinski definition) is 1. The number of hydrogen-bond acceptors (Lipinski definition) is 3. The highest BCUT2D eigenvalue weighted by Gasteiger charge is 2.05. The summed E-state index contributed by atoms with van der Waals surface area (Å²) >= 11 is 5.81. The van der Waals surface area contributed by atoms with Crippen molar-refractivity contribution in [1.82, 2.24) is 4.98 Å². The summed E-state index contributed by atoms with van der Waals surface area (Å²) in [5, 5.41) is 3.12. The number of ether oxygens (including phenoxy) is 1. The van der Waals surface area contributed by atoms with Crippen LogP contribution in [0.5, 0.6) is 5.75 Å². The maximum Gasteiger partial charge on any atom is 0.262 e. The molecule has 0 aliphatic carbocycles. The van der Waals surface area contributed by atoms with E-state index in [0.29, 0.717) is 16.6 Å². The minimum Gasteiger partial charge on any atom is -0.484 e. The molecule has 1 heterocycles. The quantitative estimate of drug-likeness (QED) is 0.873. The number of aromatic nitrogens is 1. The van der Waals surface area contributed by atoms with E-state index < -0.39 is 0 Å². The third kappa shape index (κ3) is 3.96. The molecule has 0 spiro atoms. The molecule has 0 aliphatic rings. The number of nitrogens with zero attached hydrogens (tertiary/aromatic N) is 1. The topological polar surface area (TPSA) is 51.2 Å². The van der Waals surface area contributed by atoms with Gasteiger partial charge in [0.25, 0.3) is 5.91 Å². The number of benzene rings is 1. The van der Waals surface area contributed by atoms with E-state index in [2.05, 4.69) is 10.3 Å². The Morgan fingerprint density at radius 2 is 2.11 bits per heavy atom. The zero-order valence-electron chi connectivity index (χ0n) is 10.4. The minimum atomic E-state index is -0.243. The summed E-state index contributed by atoms with van der Waals surface area (Å²) in [6, 6.07) is 10.9. The molecule has 0 radical (unpaired) electrons. The molecule has 1 amide bonds. The predicted octanol–water partition coefficient (Wildman–Crippen LogP) is 3.06. The Labute approximate surface area is 116 Å². The van der Waals surface area contributed by atoms with E-state index in [-0.39, 0.29) is 12.5 Å². The van der Waals surface area contributed by atoms with Crippen molar-refractivity contribution in [2.75, 3.05) is 11.9 Å². The van der Waals surface area contributed by atoms with Crippen molar-refractivity contribution in [3.05, 3.63) is 53.3 Å². The molecule has 1 N–H and O–H groups in total. The number of anilines is 1. The van der Waals surface area contributed by atoms with E-state index in [1.807, 2.05) is 25.1 Å². The van der Waals surface area contributed by atoms with Crippen molar-refractivity contribution in [1.29, 1.82) is 0 Å². The Bertz CT molecular complexity index is 573. The standard InChI is InChI=1S/C14H13ClN2O2/c1-10-7-11(8-16-14(10)15)17-13(18)9-19-12-5-3-2-4-6-12/h2-8H,9H2,1H3,(H,17,18). The average Bonchev–Trinajstić information content (AvgIpc) is 2.42. The molecule has 5 heteroatoms. The van der Waals surface area contributed by atoms with Crippen LogP contribution in [-0.2, 0) is 4.79 Å². The highest BCUT2D eigenvalue weighted by Crippen LogP contribution is 2.16. The first-order valence-corrected chi connectivity index (χ1v) is 6.13. The molecule has 0 unspecified atom stereocenters. The van der Waals surface area contributed by atoms with Gasteiger partial charge in [0.1, 0.15) is 10.9 Å². The fourth-order valence-electron chi connectivity index (χ4n) is 1.49. The largest absolute Gasteiger partial charge is 0.484 e. The summed E-state index contributed by atoms with van der Waals surface area (Å²) in [4.78, 5) is 15.6. The second-order valence-corrected chi connectivity index (χ2v) is 4.34. The number of para-hydroxylation sites is 1. The summed E-state index contributed by atoms with van der Waals surface area (Å²) in [5.41, 5.74) is 1.41. The number of pyridine rings is 1. The van der Waals surface area contributed by atoms with Crippen LogP contribution in [0.3, 0.4) is 0 Å². The van der Waals surface area contributed by atoms with Gasteiger partial charge in [-0.25, -0.2) is 4.98 Å². The van der Waals surface area contributed by atoms with Crippen LogP contribution in [0.1, 0.15) is 5.56 Å². The number of amides is 1. The number of halogens is 1. The van der Waals surface area contributed by atoms with Crippen LogP contribution in [0.2, 0.25) is 5.15 Å². The van der Waals surface area contributed by atoms with Crippen LogP contribution in [0.4, 0.5) is 5.69 Å². The zero-order chi connectivity index (χ0) is 13.7. The molecule has 1 aromatic carbocycles. The van der Waals surface area contributed by atoms with Gasteiger partial charge in [-0.05, 0) is 30.7 Å². The average molecular weight is 277 g/mol. The minimum absolute atomic E-state index is 0.0499. The first-order valence-electron chi connectivity index (χ1n) is 5.75. The number of carbonyl (C=O) groups excluding carboxylic acids is 1. The third-order valence-electron chi connectivity index (χ3n) is 2.41. The van der Waals surface area contributed by atoms with E-state index >= 15 is 0 Å². The van der Waals surface area contributed by atoms with Gasteiger partial charge in [-0.15, -0.1) is 0 Å². The molecule has 0 saturated heterocycles. The smallest absolute Gasteiger partial charge is 0.262 e. The van der Waals surface area contributed by atoms with Crippen molar-refractivity contribution in [3.63, 3.8) is 0 Å². The van der Waals surface area contributed by atoms with Crippen molar-refractivity contribution in [3.8, 4) is 5.75 Å². The van der Waals surface area contributed by atoms with E-state index in [0.717, 1.165) is 5.56 Å². The fraction of sp³-hybridized carbons (Fsp3) is 0.143. The van der Waals surface area contributed by atoms with Crippen molar-refractivity contribution >= 4 is 23.2 Å². The Hall–Kier alpha value is -2.07. The molecular weight excluding hydrogens is 264 g/mol. The number of nitrogens with one attached hydrogen (secondary N) is 1. The van der Waals surface area contributed by atoms with Gasteiger partial charge in [-0.1, -0.05) is 29.8 Å². The molecule has 2 rings (SSSR count). The Morgan fingerprint density at radius 3 is 2.79 bits per heavy atom. The van der Waals surface area contributed by atoms with Crippen LogP contribution < -0.4 is 10.1 Å². The summed E-state index contributed by atoms with van der Waals surface area (Å²) in [7, 11) is 0. The van der Waals surface area contributed by atoms with Gasteiger partial charge < -0.3 is 10.1 Å². The summed E-state index contributed by atoms with van der Waals surface area (Å²) in [5.74, 6) is 0.412. The Kier molecular flexibility index (Phi) is 4.36. The zero-order valence-corrected chi connectivity index (χ0v) is 11.1. The normalized spacial score (nSPS) is 10.0. The van der Waals surface area contributed by atoms with Crippen LogP contribution in [0.25, 0.3) is 0 Å². The molecule has 2 aromatic rings. The fourth-order valence-corrected chi connectivity index (χ4v) is 1.59. The van der Waals surface area contributed by atoms with E-state index in [9.17, 15) is 4.79 Å². The van der Waals surface area contributed by atoms with Gasteiger partial charge in [0, 0.05) is 0 Å². The second kappa shape index (κ2) is 6.20.